The SMILES string of the molecule is Cc1cc(C(N)=O)ccc1NC1CCCN(C(C)C)CC1. The summed E-state index contributed by atoms with van der Waals surface area (Å²) in [7, 11) is 0. The van der Waals surface area contributed by atoms with E-state index in [4.69, 9.17) is 5.73 Å². The van der Waals surface area contributed by atoms with Gasteiger partial charge in [-0.1, -0.05) is 0 Å². The molecule has 0 bridgehead atoms. The van der Waals surface area contributed by atoms with Gasteiger partial charge in [-0.2, -0.15) is 0 Å². The summed E-state index contributed by atoms with van der Waals surface area (Å²) in [5.41, 5.74) is 8.08. The number of aryl methyl sites for hydroxylation is 1. The molecule has 0 radical (unpaired) electrons. The third-order valence-corrected chi connectivity index (χ3v) is 4.36. The molecule has 1 heterocycles. The number of hydrogen-bond donors (Lipinski definition) is 2. The molecule has 1 fully saturated rings. The number of anilines is 1. The summed E-state index contributed by atoms with van der Waals surface area (Å²) >= 11 is 0. The smallest absolute Gasteiger partial charge is 0.248 e. The van der Waals surface area contributed by atoms with E-state index in [1.807, 2.05) is 19.1 Å². The Morgan fingerprint density at radius 1 is 1.33 bits per heavy atom. The summed E-state index contributed by atoms with van der Waals surface area (Å²) in [5.74, 6) is -0.369. The van der Waals surface area contributed by atoms with Crippen molar-refractivity contribution in [3.05, 3.63) is 29.3 Å². The average molecular weight is 289 g/mol. The van der Waals surface area contributed by atoms with Crippen molar-refractivity contribution in [2.75, 3.05) is 18.4 Å². The Morgan fingerprint density at radius 3 is 2.71 bits per heavy atom. The molecule has 0 aliphatic carbocycles. The van der Waals surface area contributed by atoms with Gasteiger partial charge in [-0.25, -0.2) is 0 Å². The first-order valence-electron chi connectivity index (χ1n) is 7.88. The lowest BCUT2D eigenvalue weighted by atomic mass is 10.1. The predicted octanol–water partition coefficient (Wildman–Crippen LogP) is 2.77. The van der Waals surface area contributed by atoms with Gasteiger partial charge in [0, 0.05) is 29.9 Å². The molecule has 0 spiro atoms. The monoisotopic (exact) mass is 289 g/mol. The molecule has 21 heavy (non-hydrogen) atoms. The molecule has 0 aromatic heterocycles. The Kier molecular flexibility index (Phi) is 5.23. The first kappa shape index (κ1) is 15.8. The fraction of sp³-hybridized carbons (Fsp3) is 0.588. The minimum atomic E-state index is -0.369. The molecule has 1 unspecified atom stereocenters. The van der Waals surface area contributed by atoms with E-state index < -0.39 is 0 Å². The Morgan fingerprint density at radius 2 is 2.10 bits per heavy atom. The number of rotatable bonds is 4. The predicted molar refractivity (Wildman–Crippen MR) is 87.7 cm³/mol. The number of nitrogens with zero attached hydrogens (tertiary/aromatic N) is 1. The molecular weight excluding hydrogens is 262 g/mol. The Balaban J connectivity index is 2.00. The molecule has 1 amide bonds. The van der Waals surface area contributed by atoms with Crippen LogP contribution in [-0.4, -0.2) is 36.0 Å². The quantitative estimate of drug-likeness (QED) is 0.896. The van der Waals surface area contributed by atoms with Crippen LogP contribution in [0.3, 0.4) is 0 Å². The van der Waals surface area contributed by atoms with Crippen molar-refractivity contribution in [1.82, 2.24) is 4.90 Å². The molecule has 3 N–H and O–H groups in total. The van der Waals surface area contributed by atoms with E-state index in [1.54, 1.807) is 6.07 Å². The van der Waals surface area contributed by atoms with E-state index in [9.17, 15) is 4.79 Å². The van der Waals surface area contributed by atoms with E-state index in [-0.39, 0.29) is 5.91 Å². The van der Waals surface area contributed by atoms with Crippen molar-refractivity contribution >= 4 is 11.6 Å². The molecule has 4 heteroatoms. The molecule has 0 saturated carbocycles. The highest BCUT2D eigenvalue weighted by Gasteiger charge is 2.19. The first-order valence-corrected chi connectivity index (χ1v) is 7.88. The van der Waals surface area contributed by atoms with Gasteiger partial charge < -0.3 is 16.0 Å². The van der Waals surface area contributed by atoms with Crippen LogP contribution in [0.5, 0.6) is 0 Å². The highest BCUT2D eigenvalue weighted by molar-refractivity contribution is 5.93. The van der Waals surface area contributed by atoms with Crippen molar-refractivity contribution in [2.45, 2.75) is 52.1 Å². The van der Waals surface area contributed by atoms with E-state index >= 15 is 0 Å². The number of nitrogens with two attached hydrogens (primary N) is 1. The van der Waals surface area contributed by atoms with Gasteiger partial charge in [0.05, 0.1) is 0 Å². The summed E-state index contributed by atoms with van der Waals surface area (Å²) in [6.45, 7) is 8.88. The second-order valence-electron chi connectivity index (χ2n) is 6.30. The zero-order chi connectivity index (χ0) is 15.4. The molecule has 1 aliphatic rings. The van der Waals surface area contributed by atoms with Crippen LogP contribution in [0.25, 0.3) is 0 Å². The Hall–Kier alpha value is -1.55. The number of amides is 1. The maximum absolute atomic E-state index is 11.2. The van der Waals surface area contributed by atoms with Crippen LogP contribution < -0.4 is 11.1 Å². The lowest BCUT2D eigenvalue weighted by molar-refractivity contribution is 0.1000. The molecule has 2 rings (SSSR count). The van der Waals surface area contributed by atoms with Crippen molar-refractivity contribution in [1.29, 1.82) is 0 Å². The van der Waals surface area contributed by atoms with Crippen LogP contribution >= 0.6 is 0 Å². The average Bonchev–Trinajstić information content (AvgIpc) is 2.66. The van der Waals surface area contributed by atoms with Crippen LogP contribution in [0, 0.1) is 6.92 Å². The summed E-state index contributed by atoms with van der Waals surface area (Å²) in [5, 5.41) is 3.64. The van der Waals surface area contributed by atoms with E-state index in [1.165, 1.54) is 19.4 Å². The largest absolute Gasteiger partial charge is 0.382 e. The highest BCUT2D eigenvalue weighted by Crippen LogP contribution is 2.21. The summed E-state index contributed by atoms with van der Waals surface area (Å²) in [6, 6.07) is 6.77. The maximum Gasteiger partial charge on any atom is 0.248 e. The number of benzene rings is 1. The fourth-order valence-corrected chi connectivity index (χ4v) is 2.98. The zero-order valence-electron chi connectivity index (χ0n) is 13.4. The van der Waals surface area contributed by atoms with Crippen molar-refractivity contribution in [3.63, 3.8) is 0 Å². The number of carbonyl (C=O) groups excluding carboxylic acids is 1. The minimum absolute atomic E-state index is 0.369. The molecule has 1 aromatic rings. The van der Waals surface area contributed by atoms with Crippen LogP contribution in [0.2, 0.25) is 0 Å². The van der Waals surface area contributed by atoms with Crippen molar-refractivity contribution in [2.24, 2.45) is 5.73 Å². The summed E-state index contributed by atoms with van der Waals surface area (Å²) in [4.78, 5) is 13.7. The zero-order valence-corrected chi connectivity index (χ0v) is 13.4. The van der Waals surface area contributed by atoms with Crippen LogP contribution in [0.1, 0.15) is 49.0 Å². The topological polar surface area (TPSA) is 58.4 Å². The second-order valence-corrected chi connectivity index (χ2v) is 6.30. The number of hydrogen-bond acceptors (Lipinski definition) is 3. The van der Waals surface area contributed by atoms with E-state index in [0.717, 1.165) is 24.2 Å². The highest BCUT2D eigenvalue weighted by atomic mass is 16.1. The molecule has 4 nitrogen and oxygen atoms in total. The minimum Gasteiger partial charge on any atom is -0.382 e. The summed E-state index contributed by atoms with van der Waals surface area (Å²) < 4.78 is 0. The van der Waals surface area contributed by atoms with E-state index in [0.29, 0.717) is 17.6 Å². The van der Waals surface area contributed by atoms with Crippen LogP contribution in [0.15, 0.2) is 18.2 Å². The lowest BCUT2D eigenvalue weighted by Gasteiger charge is -2.24. The third kappa shape index (κ3) is 4.21. The van der Waals surface area contributed by atoms with Gasteiger partial charge in [-0.3, -0.25) is 4.79 Å². The van der Waals surface area contributed by atoms with Gasteiger partial charge in [-0.05, 0) is 70.3 Å². The number of carbonyl (C=O) groups is 1. The maximum atomic E-state index is 11.2. The Labute approximate surface area is 127 Å². The van der Waals surface area contributed by atoms with Crippen molar-refractivity contribution < 1.29 is 4.79 Å². The van der Waals surface area contributed by atoms with Crippen LogP contribution in [0.4, 0.5) is 5.69 Å². The van der Waals surface area contributed by atoms with Gasteiger partial charge in [0.1, 0.15) is 0 Å². The second kappa shape index (κ2) is 6.94. The molecule has 1 atom stereocenters. The van der Waals surface area contributed by atoms with Gasteiger partial charge in [-0.15, -0.1) is 0 Å². The molecule has 1 aromatic carbocycles. The lowest BCUT2D eigenvalue weighted by Crippen LogP contribution is -2.32. The molecule has 1 aliphatic heterocycles. The van der Waals surface area contributed by atoms with E-state index in [2.05, 4.69) is 24.1 Å². The van der Waals surface area contributed by atoms with Gasteiger partial charge >= 0.3 is 0 Å². The molecule has 116 valence electrons. The van der Waals surface area contributed by atoms with Gasteiger partial charge in [0.2, 0.25) is 5.91 Å². The molecule has 1 saturated heterocycles. The summed E-state index contributed by atoms with van der Waals surface area (Å²) in [6.07, 6.45) is 3.59. The van der Waals surface area contributed by atoms with Crippen LogP contribution in [-0.2, 0) is 0 Å². The number of primary amides is 1. The van der Waals surface area contributed by atoms with Gasteiger partial charge in [0.15, 0.2) is 0 Å². The van der Waals surface area contributed by atoms with Crippen molar-refractivity contribution in [3.8, 4) is 0 Å². The Bertz CT molecular complexity index is 499. The molecular formula is C17H27N3O. The standard InChI is InChI=1S/C17H27N3O/c1-12(2)20-9-4-5-15(8-10-20)19-16-7-6-14(17(18)21)11-13(16)3/h6-7,11-12,15,19H,4-5,8-10H2,1-3H3,(H2,18,21). The normalized spacial score (nSPS) is 20.3. The van der Waals surface area contributed by atoms with Gasteiger partial charge in [0.25, 0.3) is 0 Å². The number of likely N-dealkylation sites (tertiary alicyclic amines) is 1. The first-order chi connectivity index (χ1) is 9.97. The number of nitrogens with one attached hydrogen (secondary N) is 1. The fourth-order valence-electron chi connectivity index (χ4n) is 2.98. The third-order valence-electron chi connectivity index (χ3n) is 4.36.